The predicted octanol–water partition coefficient (Wildman–Crippen LogP) is 4.47. The van der Waals surface area contributed by atoms with E-state index in [1.165, 1.54) is 12.0 Å². The summed E-state index contributed by atoms with van der Waals surface area (Å²) in [7, 11) is 0. The summed E-state index contributed by atoms with van der Waals surface area (Å²) < 4.78 is 1.67. The minimum absolute atomic E-state index is 0.00750. The molecule has 1 aromatic heterocycles. The quantitative estimate of drug-likeness (QED) is 0.731. The van der Waals surface area contributed by atoms with Crippen LogP contribution in [0.2, 0.25) is 0 Å². The van der Waals surface area contributed by atoms with E-state index in [9.17, 15) is 0 Å². The lowest BCUT2D eigenvalue weighted by atomic mass is 9.64. The van der Waals surface area contributed by atoms with Gasteiger partial charge in [-0.05, 0) is 50.3 Å². The van der Waals surface area contributed by atoms with Crippen molar-refractivity contribution >= 4 is 31.9 Å². The molecule has 0 aliphatic heterocycles. The second-order valence-corrected chi connectivity index (χ2v) is 6.26. The van der Waals surface area contributed by atoms with Crippen molar-refractivity contribution in [3.8, 4) is 0 Å². The molecule has 92 valence electrons. The summed E-state index contributed by atoms with van der Waals surface area (Å²) in [5, 5.41) is 0. The number of halogens is 2. The molecule has 1 saturated carbocycles. The lowest BCUT2D eigenvalue weighted by Gasteiger charge is -2.41. The van der Waals surface area contributed by atoms with Crippen molar-refractivity contribution in [1.29, 1.82) is 0 Å². The van der Waals surface area contributed by atoms with Gasteiger partial charge in [-0.2, -0.15) is 0 Å². The summed E-state index contributed by atoms with van der Waals surface area (Å²) in [6.45, 7) is 0. The highest BCUT2D eigenvalue weighted by molar-refractivity contribution is 9.11. The Kier molecular flexibility index (Phi) is 3.24. The molecule has 18 heavy (non-hydrogen) atoms. The highest BCUT2D eigenvalue weighted by Gasteiger charge is 2.43. The highest BCUT2D eigenvalue weighted by Crippen LogP contribution is 2.47. The molecule has 1 aliphatic rings. The van der Waals surface area contributed by atoms with Gasteiger partial charge in [0, 0.05) is 6.07 Å². The standard InChI is InChI=1S/C14H12Br2N2/c15-11-9-12(16)18-13(17-11)14(7-4-8-14)10-5-2-1-3-6-10/h1-3,5-6,9H,4,7-8H2. The van der Waals surface area contributed by atoms with Gasteiger partial charge in [-0.15, -0.1) is 0 Å². The van der Waals surface area contributed by atoms with Crippen LogP contribution in [0.1, 0.15) is 30.7 Å². The SMILES string of the molecule is Brc1cc(Br)nc(C2(c3ccccc3)CCC2)n1. The van der Waals surface area contributed by atoms with E-state index in [4.69, 9.17) is 0 Å². The third kappa shape index (κ3) is 2.01. The lowest BCUT2D eigenvalue weighted by Crippen LogP contribution is -2.37. The van der Waals surface area contributed by atoms with Gasteiger partial charge in [-0.1, -0.05) is 36.8 Å². The van der Waals surface area contributed by atoms with Crippen LogP contribution in [0.15, 0.2) is 45.6 Å². The minimum atomic E-state index is 0.00750. The molecule has 0 saturated heterocycles. The Labute approximate surface area is 123 Å². The third-order valence-electron chi connectivity index (χ3n) is 3.63. The Hall–Kier alpha value is -0.740. The first-order valence-corrected chi connectivity index (χ1v) is 7.55. The van der Waals surface area contributed by atoms with E-state index in [0.29, 0.717) is 0 Å². The molecule has 0 N–H and O–H groups in total. The molecule has 3 rings (SSSR count). The minimum Gasteiger partial charge on any atom is -0.225 e. The van der Waals surface area contributed by atoms with Crippen molar-refractivity contribution in [3.05, 3.63) is 57.0 Å². The van der Waals surface area contributed by atoms with Gasteiger partial charge in [0.25, 0.3) is 0 Å². The van der Waals surface area contributed by atoms with Gasteiger partial charge >= 0.3 is 0 Å². The zero-order chi connectivity index (χ0) is 12.6. The molecule has 2 nitrogen and oxygen atoms in total. The predicted molar refractivity (Wildman–Crippen MR) is 78.5 cm³/mol. The smallest absolute Gasteiger partial charge is 0.141 e. The zero-order valence-corrected chi connectivity index (χ0v) is 12.9. The number of hydrogen-bond donors (Lipinski definition) is 0. The van der Waals surface area contributed by atoms with Gasteiger partial charge in [0.05, 0.1) is 5.41 Å². The van der Waals surface area contributed by atoms with Crippen LogP contribution in [0, 0.1) is 0 Å². The first kappa shape index (κ1) is 12.3. The van der Waals surface area contributed by atoms with Crippen molar-refractivity contribution in [1.82, 2.24) is 9.97 Å². The van der Waals surface area contributed by atoms with Crippen LogP contribution in [0.4, 0.5) is 0 Å². The summed E-state index contributed by atoms with van der Waals surface area (Å²) >= 11 is 6.90. The normalized spacial score (nSPS) is 17.2. The molecule has 0 amide bonds. The first-order valence-electron chi connectivity index (χ1n) is 5.97. The van der Waals surface area contributed by atoms with E-state index in [-0.39, 0.29) is 5.41 Å². The van der Waals surface area contributed by atoms with E-state index >= 15 is 0 Å². The van der Waals surface area contributed by atoms with E-state index in [1.807, 2.05) is 12.1 Å². The zero-order valence-electron chi connectivity index (χ0n) is 9.74. The van der Waals surface area contributed by atoms with Gasteiger partial charge in [-0.25, -0.2) is 9.97 Å². The fraction of sp³-hybridized carbons (Fsp3) is 0.286. The Balaban J connectivity index is 2.12. The van der Waals surface area contributed by atoms with Gasteiger partial charge in [0.15, 0.2) is 0 Å². The fourth-order valence-electron chi connectivity index (χ4n) is 2.53. The van der Waals surface area contributed by atoms with Crippen LogP contribution in [0.5, 0.6) is 0 Å². The molecule has 0 spiro atoms. The van der Waals surface area contributed by atoms with Crippen LogP contribution in [0.3, 0.4) is 0 Å². The maximum absolute atomic E-state index is 4.58. The molecule has 0 atom stereocenters. The third-order valence-corrected chi connectivity index (χ3v) is 4.44. The topological polar surface area (TPSA) is 25.8 Å². The van der Waals surface area contributed by atoms with Crippen LogP contribution in [-0.2, 0) is 5.41 Å². The number of aromatic nitrogens is 2. The van der Waals surface area contributed by atoms with E-state index < -0.39 is 0 Å². The lowest BCUT2D eigenvalue weighted by molar-refractivity contribution is 0.284. The first-order chi connectivity index (χ1) is 8.71. The monoisotopic (exact) mass is 366 g/mol. The second-order valence-electron chi connectivity index (χ2n) is 4.64. The van der Waals surface area contributed by atoms with E-state index in [0.717, 1.165) is 27.9 Å². The Bertz CT molecular complexity index is 545. The summed E-state index contributed by atoms with van der Waals surface area (Å²) in [6, 6.07) is 12.5. The Morgan fingerprint density at radius 2 is 1.56 bits per heavy atom. The van der Waals surface area contributed by atoms with Gasteiger partial charge in [0.2, 0.25) is 0 Å². The molecule has 0 unspecified atom stereocenters. The van der Waals surface area contributed by atoms with Crippen LogP contribution in [0.25, 0.3) is 0 Å². The van der Waals surface area contributed by atoms with Crippen molar-refractivity contribution in [2.45, 2.75) is 24.7 Å². The number of nitrogens with zero attached hydrogens (tertiary/aromatic N) is 2. The van der Waals surface area contributed by atoms with Crippen molar-refractivity contribution in [2.75, 3.05) is 0 Å². The number of rotatable bonds is 2. The number of benzene rings is 1. The van der Waals surface area contributed by atoms with Crippen LogP contribution >= 0.6 is 31.9 Å². The summed E-state index contributed by atoms with van der Waals surface area (Å²) in [6.07, 6.45) is 3.49. The fourth-order valence-corrected chi connectivity index (χ4v) is 3.61. The summed E-state index contributed by atoms with van der Waals surface area (Å²) in [4.78, 5) is 9.16. The molecule has 1 heterocycles. The van der Waals surface area contributed by atoms with Crippen molar-refractivity contribution in [2.24, 2.45) is 0 Å². The van der Waals surface area contributed by atoms with Crippen LogP contribution < -0.4 is 0 Å². The van der Waals surface area contributed by atoms with Gasteiger partial charge in [-0.3, -0.25) is 0 Å². The maximum Gasteiger partial charge on any atom is 0.141 e. The molecule has 0 bridgehead atoms. The Morgan fingerprint density at radius 1 is 0.944 bits per heavy atom. The molecule has 2 aromatic rings. The molecular weight excluding hydrogens is 356 g/mol. The number of hydrogen-bond acceptors (Lipinski definition) is 2. The molecule has 1 aromatic carbocycles. The van der Waals surface area contributed by atoms with Gasteiger partial charge in [0.1, 0.15) is 15.0 Å². The van der Waals surface area contributed by atoms with Crippen LogP contribution in [-0.4, -0.2) is 9.97 Å². The Morgan fingerprint density at radius 3 is 2.06 bits per heavy atom. The molecule has 1 fully saturated rings. The highest BCUT2D eigenvalue weighted by atomic mass is 79.9. The largest absolute Gasteiger partial charge is 0.225 e. The average Bonchev–Trinajstić information content (AvgIpc) is 2.27. The molecule has 0 radical (unpaired) electrons. The van der Waals surface area contributed by atoms with Crippen molar-refractivity contribution < 1.29 is 0 Å². The average molecular weight is 368 g/mol. The molecule has 1 aliphatic carbocycles. The molecular formula is C14H12Br2N2. The summed E-state index contributed by atoms with van der Waals surface area (Å²) in [5.74, 6) is 0.918. The van der Waals surface area contributed by atoms with E-state index in [1.54, 1.807) is 0 Å². The van der Waals surface area contributed by atoms with E-state index in [2.05, 4.69) is 66.1 Å². The maximum atomic E-state index is 4.58. The van der Waals surface area contributed by atoms with Gasteiger partial charge < -0.3 is 0 Å². The second kappa shape index (κ2) is 4.74. The molecule has 4 heteroatoms. The van der Waals surface area contributed by atoms with Crippen molar-refractivity contribution in [3.63, 3.8) is 0 Å². The summed E-state index contributed by atoms with van der Waals surface area (Å²) in [5.41, 5.74) is 1.33.